The number of ether oxygens (including phenoxy) is 2. The number of nitrogens with zero attached hydrogens (tertiary/aromatic N) is 6. The van der Waals surface area contributed by atoms with E-state index in [2.05, 4.69) is 23.4 Å². The molecule has 236 valence electrons. The minimum Gasteiger partial charge on any atom is -0.490 e. The fourth-order valence-electron chi connectivity index (χ4n) is 7.17. The van der Waals surface area contributed by atoms with Gasteiger partial charge in [-0.1, -0.05) is 6.58 Å². The Balaban J connectivity index is 1.41. The largest absolute Gasteiger partial charge is 0.490 e. The first-order valence-electron chi connectivity index (χ1n) is 15.2. The Labute approximate surface area is 264 Å². The number of carbonyl (C=O) groups excluding carboxylic acids is 1. The molecule has 3 aliphatic heterocycles. The van der Waals surface area contributed by atoms with Gasteiger partial charge in [-0.05, 0) is 50.5 Å². The highest BCUT2D eigenvalue weighted by Gasteiger charge is 2.48. The van der Waals surface area contributed by atoms with Crippen molar-refractivity contribution in [3.8, 4) is 28.3 Å². The van der Waals surface area contributed by atoms with Gasteiger partial charge in [0, 0.05) is 66.5 Å². The van der Waals surface area contributed by atoms with Crippen LogP contribution in [-0.2, 0) is 16.1 Å². The fraction of sp³-hybridized carbons (Fsp3) is 0.424. The van der Waals surface area contributed by atoms with Crippen molar-refractivity contribution in [2.24, 2.45) is 5.41 Å². The van der Waals surface area contributed by atoms with Crippen molar-refractivity contribution in [1.82, 2.24) is 24.6 Å². The highest BCUT2D eigenvalue weighted by molar-refractivity contribution is 7.18. The van der Waals surface area contributed by atoms with E-state index >= 15 is 4.39 Å². The van der Waals surface area contributed by atoms with E-state index < -0.39 is 11.6 Å². The van der Waals surface area contributed by atoms with Crippen molar-refractivity contribution >= 4 is 33.1 Å². The second kappa shape index (κ2) is 11.5. The molecular weight excluding hydrogens is 598 g/mol. The summed E-state index contributed by atoms with van der Waals surface area (Å²) in [4.78, 5) is 24.3. The molecule has 9 nitrogen and oxygen atoms in total. The van der Waals surface area contributed by atoms with Crippen LogP contribution in [0.5, 0.6) is 5.75 Å². The van der Waals surface area contributed by atoms with Crippen LogP contribution in [0.15, 0.2) is 42.3 Å². The summed E-state index contributed by atoms with van der Waals surface area (Å²) in [6.45, 7) is 10.9. The summed E-state index contributed by atoms with van der Waals surface area (Å²) < 4.78 is 44.4. The second-order valence-corrected chi connectivity index (χ2v) is 13.3. The predicted octanol–water partition coefficient (Wildman–Crippen LogP) is 5.36. The smallest absolute Gasteiger partial charge is 0.246 e. The Bertz CT molecular complexity index is 1800. The van der Waals surface area contributed by atoms with Crippen LogP contribution in [0.3, 0.4) is 0 Å². The first-order valence-corrected chi connectivity index (χ1v) is 16.1. The molecule has 6 heterocycles. The van der Waals surface area contributed by atoms with Gasteiger partial charge in [0.05, 0.1) is 30.5 Å². The molecule has 1 spiro atoms. The number of anilines is 1. The number of fused-ring (bicyclic) bond motifs is 2. The molecule has 0 aliphatic carbocycles. The lowest BCUT2D eigenvalue weighted by atomic mass is 9.79. The van der Waals surface area contributed by atoms with E-state index in [1.165, 1.54) is 23.5 Å². The van der Waals surface area contributed by atoms with Gasteiger partial charge in [-0.2, -0.15) is 5.10 Å². The maximum atomic E-state index is 16.0. The molecule has 12 heteroatoms. The van der Waals surface area contributed by atoms with Gasteiger partial charge in [-0.15, -0.1) is 11.3 Å². The first kappa shape index (κ1) is 29.8. The Morgan fingerprint density at radius 1 is 1.16 bits per heavy atom. The molecular formula is C33H36F2N6O3S. The second-order valence-electron chi connectivity index (χ2n) is 12.4. The average Bonchev–Trinajstić information content (AvgIpc) is 3.75. The molecule has 0 radical (unpaired) electrons. The van der Waals surface area contributed by atoms with Gasteiger partial charge < -0.3 is 24.2 Å². The Morgan fingerprint density at radius 2 is 1.98 bits per heavy atom. The van der Waals surface area contributed by atoms with Crippen LogP contribution >= 0.6 is 11.3 Å². The monoisotopic (exact) mass is 634 g/mol. The number of carbonyl (C=O) groups is 1. The predicted molar refractivity (Wildman–Crippen MR) is 171 cm³/mol. The van der Waals surface area contributed by atoms with Crippen molar-refractivity contribution in [3.63, 3.8) is 0 Å². The summed E-state index contributed by atoms with van der Waals surface area (Å²) in [5.41, 5.74) is 2.77. The summed E-state index contributed by atoms with van der Waals surface area (Å²) in [6, 6.07) is 5.79. The maximum Gasteiger partial charge on any atom is 0.246 e. The third kappa shape index (κ3) is 5.08. The average molecular weight is 635 g/mol. The van der Waals surface area contributed by atoms with E-state index in [1.54, 1.807) is 12.0 Å². The number of aromatic nitrogens is 3. The summed E-state index contributed by atoms with van der Waals surface area (Å²) in [5.74, 6) is -0.718. The fourth-order valence-corrected chi connectivity index (χ4v) is 8.12. The van der Waals surface area contributed by atoms with E-state index in [-0.39, 0.29) is 41.9 Å². The number of thiophene rings is 1. The molecule has 0 bridgehead atoms. The highest BCUT2D eigenvalue weighted by Crippen LogP contribution is 2.50. The lowest BCUT2D eigenvalue weighted by Crippen LogP contribution is -2.58. The standard InChI is InChI=1S/C33H36F2N6O3S/c1-5-27(42)40-9-10-41-25(20(40)2)16-24(37-41)30-29(28-23(35)14-21(34)15-26(28)44-12-11-43-4)31-22(6-13-45-31)32(36-30)39-18-33(19-39)7-8-38(3)17-33/h5-6,13-16,20H,1,7-12,17-19H2,2-4H3/t20-/m1/s1. The normalized spacial score (nSPS) is 19.3. The van der Waals surface area contributed by atoms with E-state index in [1.807, 2.05) is 29.1 Å². The number of methoxy groups -OCH3 is 1. The number of likely N-dealkylation sites (tertiary alicyclic amines) is 1. The molecule has 4 aromatic rings. The van der Waals surface area contributed by atoms with Crippen LogP contribution in [0.2, 0.25) is 0 Å². The van der Waals surface area contributed by atoms with Crippen LogP contribution in [-0.4, -0.2) is 90.6 Å². The zero-order valence-corrected chi connectivity index (χ0v) is 26.5. The molecule has 0 N–H and O–H groups in total. The van der Waals surface area contributed by atoms with E-state index in [4.69, 9.17) is 19.6 Å². The van der Waals surface area contributed by atoms with Crippen LogP contribution < -0.4 is 9.64 Å². The van der Waals surface area contributed by atoms with Crippen LogP contribution in [0, 0.1) is 17.0 Å². The van der Waals surface area contributed by atoms with Gasteiger partial charge in [0.2, 0.25) is 5.91 Å². The summed E-state index contributed by atoms with van der Waals surface area (Å²) in [5, 5.41) is 7.85. The van der Waals surface area contributed by atoms with Gasteiger partial charge in [0.1, 0.15) is 41.2 Å². The maximum absolute atomic E-state index is 16.0. The molecule has 1 atom stereocenters. The van der Waals surface area contributed by atoms with Crippen molar-refractivity contribution in [1.29, 1.82) is 0 Å². The number of amides is 1. The molecule has 1 amide bonds. The summed E-state index contributed by atoms with van der Waals surface area (Å²) >= 11 is 1.49. The zero-order chi connectivity index (χ0) is 31.5. The number of hydrogen-bond donors (Lipinski definition) is 0. The number of pyridine rings is 1. The Morgan fingerprint density at radius 3 is 2.71 bits per heavy atom. The molecule has 1 aromatic carbocycles. The van der Waals surface area contributed by atoms with E-state index in [0.29, 0.717) is 30.0 Å². The first-order chi connectivity index (χ1) is 21.7. The third-order valence-corrected chi connectivity index (χ3v) is 10.3. The topological polar surface area (TPSA) is 76.0 Å². The van der Waals surface area contributed by atoms with Crippen LogP contribution in [0.1, 0.15) is 25.1 Å². The molecule has 0 unspecified atom stereocenters. The quantitative estimate of drug-likeness (QED) is 0.191. The zero-order valence-electron chi connectivity index (χ0n) is 25.7. The van der Waals surface area contributed by atoms with Gasteiger partial charge in [0.15, 0.2) is 0 Å². The van der Waals surface area contributed by atoms with Crippen LogP contribution in [0.4, 0.5) is 14.6 Å². The van der Waals surface area contributed by atoms with Gasteiger partial charge in [0.25, 0.3) is 0 Å². The number of hydrogen-bond acceptors (Lipinski definition) is 8. The van der Waals surface area contributed by atoms with E-state index in [9.17, 15) is 9.18 Å². The molecule has 45 heavy (non-hydrogen) atoms. The number of benzene rings is 1. The molecule has 2 saturated heterocycles. The molecule has 3 aromatic heterocycles. The van der Waals surface area contributed by atoms with E-state index in [0.717, 1.165) is 60.3 Å². The Hall–Kier alpha value is -3.87. The van der Waals surface area contributed by atoms with Gasteiger partial charge in [-0.25, -0.2) is 13.8 Å². The molecule has 0 saturated carbocycles. The number of rotatable bonds is 8. The summed E-state index contributed by atoms with van der Waals surface area (Å²) in [7, 11) is 3.70. The lowest BCUT2D eigenvalue weighted by molar-refractivity contribution is -0.129. The minimum absolute atomic E-state index is 0.0760. The highest BCUT2D eigenvalue weighted by atomic mass is 32.1. The SMILES string of the molecule is C=CC(=O)N1CCn2nc(-c3nc(N4CC5(CCN(C)C5)C4)c4ccsc4c3-c3c(F)cc(F)cc3OCCOC)cc2[C@H]1C. The Kier molecular flexibility index (Phi) is 7.61. The number of halogens is 2. The summed E-state index contributed by atoms with van der Waals surface area (Å²) in [6.07, 6.45) is 2.47. The van der Waals surface area contributed by atoms with Crippen molar-refractivity contribution in [2.45, 2.75) is 25.9 Å². The molecule has 2 fully saturated rings. The minimum atomic E-state index is -0.745. The van der Waals surface area contributed by atoms with Crippen molar-refractivity contribution in [2.75, 3.05) is 65.0 Å². The van der Waals surface area contributed by atoms with Gasteiger partial charge in [-0.3, -0.25) is 9.48 Å². The lowest BCUT2D eigenvalue weighted by Gasteiger charge is -2.49. The van der Waals surface area contributed by atoms with Crippen molar-refractivity contribution < 1.29 is 23.0 Å². The van der Waals surface area contributed by atoms with Crippen LogP contribution in [0.25, 0.3) is 32.6 Å². The molecule has 7 rings (SSSR count). The van der Waals surface area contributed by atoms with Gasteiger partial charge >= 0.3 is 0 Å². The third-order valence-electron chi connectivity index (χ3n) is 9.34. The molecule has 3 aliphatic rings. The van der Waals surface area contributed by atoms with Crippen molar-refractivity contribution in [3.05, 3.63) is 59.6 Å².